The summed E-state index contributed by atoms with van der Waals surface area (Å²) in [6.45, 7) is 2.04. The van der Waals surface area contributed by atoms with Crippen molar-refractivity contribution in [1.29, 1.82) is 5.26 Å². The van der Waals surface area contributed by atoms with Crippen molar-refractivity contribution >= 4 is 35.1 Å². The molecule has 0 saturated carbocycles. The van der Waals surface area contributed by atoms with Crippen LogP contribution in [0.1, 0.15) is 5.56 Å². The highest BCUT2D eigenvalue weighted by molar-refractivity contribution is 8.00. The van der Waals surface area contributed by atoms with E-state index in [1.54, 1.807) is 0 Å². The van der Waals surface area contributed by atoms with Crippen LogP contribution in [-0.4, -0.2) is 32.2 Å². The number of aryl methyl sites for hydroxylation is 1. The maximum Gasteiger partial charge on any atom is 0.234 e. The Morgan fingerprint density at radius 2 is 1.70 bits per heavy atom. The van der Waals surface area contributed by atoms with Gasteiger partial charge in [-0.25, -0.2) is 0 Å². The van der Waals surface area contributed by atoms with E-state index in [1.165, 1.54) is 23.5 Å². The molecule has 0 saturated heterocycles. The minimum Gasteiger partial charge on any atom is -0.324 e. The van der Waals surface area contributed by atoms with E-state index in [-0.39, 0.29) is 11.7 Å². The van der Waals surface area contributed by atoms with Gasteiger partial charge in [0.15, 0.2) is 11.0 Å². The molecule has 4 rings (SSSR count). The topological polar surface area (TPSA) is 83.6 Å². The van der Waals surface area contributed by atoms with Gasteiger partial charge in [0.25, 0.3) is 0 Å². The first-order chi connectivity index (χ1) is 16.2. The van der Waals surface area contributed by atoms with Crippen LogP contribution in [0.5, 0.6) is 0 Å². The molecule has 0 fully saturated rings. The number of hydrogen-bond donors (Lipinski definition) is 1. The van der Waals surface area contributed by atoms with Gasteiger partial charge in [-0.15, -0.1) is 22.0 Å². The second kappa shape index (κ2) is 10.9. The molecule has 0 spiro atoms. The third kappa shape index (κ3) is 5.64. The number of amides is 1. The zero-order valence-corrected chi connectivity index (χ0v) is 19.6. The van der Waals surface area contributed by atoms with Gasteiger partial charge in [0.1, 0.15) is 0 Å². The van der Waals surface area contributed by atoms with Crippen molar-refractivity contribution in [2.75, 3.05) is 16.8 Å². The highest BCUT2D eigenvalue weighted by atomic mass is 32.2. The highest BCUT2D eigenvalue weighted by Gasteiger charge is 2.17. The zero-order valence-electron chi connectivity index (χ0n) is 17.9. The predicted octanol–water partition coefficient (Wildman–Crippen LogP) is 5.59. The van der Waals surface area contributed by atoms with E-state index in [4.69, 9.17) is 5.26 Å². The fourth-order valence-corrected chi connectivity index (χ4v) is 4.61. The summed E-state index contributed by atoms with van der Waals surface area (Å²) in [7, 11) is 0. The largest absolute Gasteiger partial charge is 0.324 e. The number of benzene rings is 3. The minimum atomic E-state index is -0.148. The average molecular weight is 472 g/mol. The Bertz CT molecular complexity index is 1280. The summed E-state index contributed by atoms with van der Waals surface area (Å²) in [5.74, 6) is 1.07. The second-order valence-electron chi connectivity index (χ2n) is 7.12. The van der Waals surface area contributed by atoms with Crippen molar-refractivity contribution in [3.8, 4) is 23.1 Å². The van der Waals surface area contributed by atoms with Crippen LogP contribution < -0.4 is 5.32 Å². The van der Waals surface area contributed by atoms with Crippen LogP contribution in [0.2, 0.25) is 0 Å². The van der Waals surface area contributed by atoms with E-state index >= 15 is 0 Å². The number of anilines is 1. The number of thioether (sulfide) groups is 2. The lowest BCUT2D eigenvalue weighted by Gasteiger charge is -2.12. The number of carbonyl (C=O) groups excluding carboxylic acids is 1. The van der Waals surface area contributed by atoms with Gasteiger partial charge >= 0.3 is 0 Å². The molecule has 4 aromatic rings. The summed E-state index contributed by atoms with van der Waals surface area (Å²) in [4.78, 5) is 13.6. The number of hydrogen-bond acceptors (Lipinski definition) is 6. The van der Waals surface area contributed by atoms with Crippen molar-refractivity contribution in [2.24, 2.45) is 0 Å². The summed E-state index contributed by atoms with van der Waals surface area (Å²) >= 11 is 2.73. The van der Waals surface area contributed by atoms with Crippen molar-refractivity contribution in [3.63, 3.8) is 0 Å². The molecule has 0 atom stereocenters. The molecule has 0 radical (unpaired) electrons. The molecule has 8 heteroatoms. The fraction of sp³-hybridized carbons (Fsp3) is 0.120. The molecule has 3 aromatic carbocycles. The quantitative estimate of drug-likeness (QED) is 0.337. The number of carbonyl (C=O) groups is 1. The normalized spacial score (nSPS) is 10.5. The van der Waals surface area contributed by atoms with Crippen LogP contribution in [0, 0.1) is 18.3 Å². The molecule has 0 bridgehead atoms. The number of rotatable bonds is 8. The maximum atomic E-state index is 12.7. The SMILES string of the molecule is Cc1ccc(-n2c(SCC(=O)Nc3ccccc3SCC#N)nnc2-c2ccccc2)cc1. The lowest BCUT2D eigenvalue weighted by Crippen LogP contribution is -2.15. The summed E-state index contributed by atoms with van der Waals surface area (Å²) in [5, 5.41) is 21.2. The average Bonchev–Trinajstić information content (AvgIpc) is 3.27. The number of nitriles is 1. The van der Waals surface area contributed by atoms with Gasteiger partial charge in [0, 0.05) is 16.1 Å². The fourth-order valence-electron chi connectivity index (χ4n) is 3.19. The monoisotopic (exact) mass is 471 g/mol. The van der Waals surface area contributed by atoms with Crippen LogP contribution in [0.25, 0.3) is 17.1 Å². The second-order valence-corrected chi connectivity index (χ2v) is 9.08. The van der Waals surface area contributed by atoms with E-state index in [0.717, 1.165) is 27.5 Å². The summed E-state index contributed by atoms with van der Waals surface area (Å²) in [6.07, 6.45) is 0. The molecule has 164 valence electrons. The minimum absolute atomic E-state index is 0.148. The molecule has 0 unspecified atom stereocenters. The van der Waals surface area contributed by atoms with E-state index in [1.807, 2.05) is 90.4 Å². The zero-order chi connectivity index (χ0) is 23.0. The van der Waals surface area contributed by atoms with Gasteiger partial charge < -0.3 is 5.32 Å². The molecule has 1 amide bonds. The lowest BCUT2D eigenvalue weighted by atomic mass is 10.2. The van der Waals surface area contributed by atoms with Crippen LogP contribution >= 0.6 is 23.5 Å². The smallest absolute Gasteiger partial charge is 0.234 e. The van der Waals surface area contributed by atoms with Crippen LogP contribution in [-0.2, 0) is 4.79 Å². The third-order valence-electron chi connectivity index (χ3n) is 4.74. The summed E-state index contributed by atoms with van der Waals surface area (Å²) in [6, 6.07) is 27.6. The molecular weight excluding hydrogens is 450 g/mol. The van der Waals surface area contributed by atoms with Crippen LogP contribution in [0.15, 0.2) is 88.9 Å². The molecule has 0 aliphatic rings. The number of para-hydroxylation sites is 1. The Kier molecular flexibility index (Phi) is 7.45. The number of nitrogens with one attached hydrogen (secondary N) is 1. The lowest BCUT2D eigenvalue weighted by molar-refractivity contribution is -0.113. The Balaban J connectivity index is 1.55. The highest BCUT2D eigenvalue weighted by Crippen LogP contribution is 2.29. The van der Waals surface area contributed by atoms with E-state index in [2.05, 4.69) is 21.6 Å². The molecule has 6 nitrogen and oxygen atoms in total. The van der Waals surface area contributed by atoms with E-state index < -0.39 is 0 Å². The van der Waals surface area contributed by atoms with Gasteiger partial charge in [0.2, 0.25) is 5.91 Å². The third-order valence-corrected chi connectivity index (χ3v) is 6.61. The number of aromatic nitrogens is 3. The van der Waals surface area contributed by atoms with Crippen LogP contribution in [0.4, 0.5) is 5.69 Å². The first-order valence-electron chi connectivity index (χ1n) is 10.2. The van der Waals surface area contributed by atoms with Crippen LogP contribution in [0.3, 0.4) is 0 Å². The predicted molar refractivity (Wildman–Crippen MR) is 134 cm³/mol. The van der Waals surface area contributed by atoms with Crippen molar-refractivity contribution in [3.05, 3.63) is 84.4 Å². The van der Waals surface area contributed by atoms with E-state index in [9.17, 15) is 4.79 Å². The molecular formula is C25H21N5OS2. The summed E-state index contributed by atoms with van der Waals surface area (Å²) in [5.41, 5.74) is 3.75. The Morgan fingerprint density at radius 1 is 0.970 bits per heavy atom. The van der Waals surface area contributed by atoms with Gasteiger partial charge in [0.05, 0.1) is 23.3 Å². The Labute approximate surface area is 201 Å². The maximum absolute atomic E-state index is 12.7. The van der Waals surface area contributed by atoms with Crippen molar-refractivity contribution < 1.29 is 4.79 Å². The standard InChI is InChI=1S/C25H21N5OS2/c1-18-11-13-20(14-12-18)30-24(19-7-3-2-4-8-19)28-29-25(30)33-17-23(31)27-21-9-5-6-10-22(21)32-16-15-26/h2-14H,16-17H2,1H3,(H,27,31). The van der Waals surface area contributed by atoms with Gasteiger partial charge in [-0.2, -0.15) is 5.26 Å². The Morgan fingerprint density at radius 3 is 2.45 bits per heavy atom. The van der Waals surface area contributed by atoms with Crippen molar-refractivity contribution in [2.45, 2.75) is 17.0 Å². The first-order valence-corrected chi connectivity index (χ1v) is 12.2. The molecule has 33 heavy (non-hydrogen) atoms. The number of nitrogens with zero attached hydrogens (tertiary/aromatic N) is 4. The van der Waals surface area contributed by atoms with Gasteiger partial charge in [-0.05, 0) is 31.2 Å². The molecule has 0 aliphatic carbocycles. The molecule has 1 N–H and O–H groups in total. The molecule has 1 heterocycles. The van der Waals surface area contributed by atoms with Crippen molar-refractivity contribution in [1.82, 2.24) is 14.8 Å². The van der Waals surface area contributed by atoms with Gasteiger partial charge in [-0.3, -0.25) is 9.36 Å². The van der Waals surface area contributed by atoms with E-state index in [0.29, 0.717) is 16.6 Å². The molecule has 1 aromatic heterocycles. The summed E-state index contributed by atoms with van der Waals surface area (Å²) < 4.78 is 1.98. The van der Waals surface area contributed by atoms with Gasteiger partial charge in [-0.1, -0.05) is 71.9 Å². The Hall–Kier alpha value is -3.54. The first kappa shape index (κ1) is 22.6. The molecule has 0 aliphatic heterocycles.